The van der Waals surface area contributed by atoms with Crippen LogP contribution in [0.1, 0.15) is 42.5 Å². The van der Waals surface area contributed by atoms with Crippen molar-refractivity contribution in [2.24, 2.45) is 0 Å². The lowest BCUT2D eigenvalue weighted by Gasteiger charge is -2.26. The molecule has 3 heterocycles. The molecule has 5 nitrogen and oxygen atoms in total. The van der Waals surface area contributed by atoms with Crippen LogP contribution < -0.4 is 4.74 Å². The highest BCUT2D eigenvalue weighted by Gasteiger charge is 2.25. The lowest BCUT2D eigenvalue weighted by Crippen LogP contribution is -2.29. The summed E-state index contributed by atoms with van der Waals surface area (Å²) in [6, 6.07) is 14.2. The van der Waals surface area contributed by atoms with Gasteiger partial charge in [0.25, 0.3) is 0 Å². The van der Waals surface area contributed by atoms with E-state index < -0.39 is 6.29 Å². The Bertz CT molecular complexity index is 696. The predicted octanol–water partition coefficient (Wildman–Crippen LogP) is 3.69. The van der Waals surface area contributed by atoms with Gasteiger partial charge in [-0.3, -0.25) is 4.90 Å². The van der Waals surface area contributed by atoms with Gasteiger partial charge in [-0.2, -0.15) is 0 Å². The molecule has 0 unspecified atom stereocenters. The van der Waals surface area contributed by atoms with E-state index in [2.05, 4.69) is 23.1 Å². The maximum Gasteiger partial charge on any atom is 0.205 e. The highest BCUT2D eigenvalue weighted by Crippen LogP contribution is 2.31. The first kappa shape index (κ1) is 17.5. The number of nitrogens with zero attached hydrogens (tertiary/aromatic N) is 2. The molecule has 5 heteroatoms. The molecule has 0 spiro atoms. The summed E-state index contributed by atoms with van der Waals surface area (Å²) in [4.78, 5) is 7.31. The molecule has 1 aromatic carbocycles. The van der Waals surface area contributed by atoms with Crippen LogP contribution in [0.25, 0.3) is 0 Å². The quantitative estimate of drug-likeness (QED) is 0.791. The summed E-state index contributed by atoms with van der Waals surface area (Å²) in [6.07, 6.45) is 3.47. The molecule has 0 N–H and O–H groups in total. The molecule has 4 rings (SSSR count). The minimum Gasteiger partial charge on any atom is -0.487 e. The molecule has 2 saturated heterocycles. The third kappa shape index (κ3) is 4.41. The van der Waals surface area contributed by atoms with Crippen molar-refractivity contribution in [2.75, 3.05) is 26.3 Å². The van der Waals surface area contributed by atoms with Crippen LogP contribution in [0, 0.1) is 0 Å². The molecular formula is C21H26N2O3. The summed E-state index contributed by atoms with van der Waals surface area (Å²) < 4.78 is 17.4. The van der Waals surface area contributed by atoms with Gasteiger partial charge < -0.3 is 14.2 Å². The van der Waals surface area contributed by atoms with Crippen LogP contribution in [0.5, 0.6) is 5.75 Å². The van der Waals surface area contributed by atoms with Crippen molar-refractivity contribution in [3.63, 3.8) is 0 Å². The van der Waals surface area contributed by atoms with Gasteiger partial charge in [0, 0.05) is 6.54 Å². The minimum atomic E-state index is -0.429. The first-order chi connectivity index (χ1) is 12.9. The fourth-order valence-electron chi connectivity index (χ4n) is 3.48. The predicted molar refractivity (Wildman–Crippen MR) is 98.8 cm³/mol. The van der Waals surface area contributed by atoms with Gasteiger partial charge in [0.05, 0.1) is 18.9 Å². The first-order valence-corrected chi connectivity index (χ1v) is 9.50. The zero-order valence-electron chi connectivity index (χ0n) is 15.1. The van der Waals surface area contributed by atoms with Crippen LogP contribution >= 0.6 is 0 Å². The summed E-state index contributed by atoms with van der Waals surface area (Å²) in [5.41, 5.74) is 2.94. The standard InChI is InChI=1S/C21H26N2O3/c1-3-7-17(8-4-1)16-26-19-10-9-18(15-23-11-5-2-6-12-23)22-20(19)21-24-13-14-25-21/h1,3-4,7-10,21H,2,5-6,11-16H2. The lowest BCUT2D eigenvalue weighted by molar-refractivity contribution is -0.0493. The van der Waals surface area contributed by atoms with Gasteiger partial charge >= 0.3 is 0 Å². The second-order valence-corrected chi connectivity index (χ2v) is 6.87. The van der Waals surface area contributed by atoms with Gasteiger partial charge in [-0.1, -0.05) is 36.8 Å². The van der Waals surface area contributed by atoms with Gasteiger partial charge in [0.15, 0.2) is 0 Å². The average molecular weight is 354 g/mol. The van der Waals surface area contributed by atoms with E-state index in [4.69, 9.17) is 19.2 Å². The summed E-state index contributed by atoms with van der Waals surface area (Å²) in [5.74, 6) is 0.739. The number of pyridine rings is 1. The normalized spacial score (nSPS) is 18.9. The van der Waals surface area contributed by atoms with Crippen molar-refractivity contribution in [1.82, 2.24) is 9.88 Å². The number of piperidine rings is 1. The van der Waals surface area contributed by atoms with Crippen LogP contribution in [0.4, 0.5) is 0 Å². The maximum absolute atomic E-state index is 6.04. The van der Waals surface area contributed by atoms with Gasteiger partial charge in [-0.15, -0.1) is 0 Å². The van der Waals surface area contributed by atoms with Crippen LogP contribution in [0.15, 0.2) is 42.5 Å². The third-order valence-corrected chi connectivity index (χ3v) is 4.86. The second kappa shape index (κ2) is 8.62. The smallest absolute Gasteiger partial charge is 0.205 e. The molecule has 2 aromatic rings. The van der Waals surface area contributed by atoms with E-state index >= 15 is 0 Å². The fraction of sp³-hybridized carbons (Fsp3) is 0.476. The largest absolute Gasteiger partial charge is 0.487 e. The molecule has 0 amide bonds. The van der Waals surface area contributed by atoms with Gasteiger partial charge in [0.2, 0.25) is 6.29 Å². The van der Waals surface area contributed by atoms with Crippen molar-refractivity contribution in [1.29, 1.82) is 0 Å². The fourth-order valence-corrected chi connectivity index (χ4v) is 3.48. The van der Waals surface area contributed by atoms with E-state index in [0.717, 1.165) is 42.3 Å². The molecule has 0 saturated carbocycles. The molecular weight excluding hydrogens is 328 g/mol. The van der Waals surface area contributed by atoms with Crippen molar-refractivity contribution < 1.29 is 14.2 Å². The Labute approximate surface area is 154 Å². The zero-order valence-corrected chi connectivity index (χ0v) is 15.1. The van der Waals surface area contributed by atoms with Crippen molar-refractivity contribution >= 4 is 0 Å². The average Bonchev–Trinajstić information content (AvgIpc) is 3.23. The first-order valence-electron chi connectivity index (χ1n) is 9.50. The van der Waals surface area contributed by atoms with Crippen LogP contribution in [0.2, 0.25) is 0 Å². The minimum absolute atomic E-state index is 0.429. The Kier molecular flexibility index (Phi) is 5.79. The number of rotatable bonds is 6. The van der Waals surface area contributed by atoms with Gasteiger partial charge in [-0.05, 0) is 43.6 Å². The SMILES string of the molecule is c1ccc(COc2ccc(CN3CCCCC3)nc2C2OCCO2)cc1. The number of benzene rings is 1. The molecule has 2 fully saturated rings. The van der Waals surface area contributed by atoms with E-state index in [0.29, 0.717) is 19.8 Å². The topological polar surface area (TPSA) is 43.8 Å². The summed E-state index contributed by atoms with van der Waals surface area (Å²) in [7, 11) is 0. The number of ether oxygens (including phenoxy) is 3. The van der Waals surface area contributed by atoms with Crippen LogP contribution in [0.3, 0.4) is 0 Å². The summed E-state index contributed by atoms with van der Waals surface area (Å²) in [6.45, 7) is 4.88. The monoisotopic (exact) mass is 354 g/mol. The summed E-state index contributed by atoms with van der Waals surface area (Å²) >= 11 is 0. The molecule has 138 valence electrons. The summed E-state index contributed by atoms with van der Waals surface area (Å²) in [5, 5.41) is 0. The molecule has 1 aromatic heterocycles. The van der Waals surface area contributed by atoms with Crippen LogP contribution in [-0.2, 0) is 22.6 Å². The second-order valence-electron chi connectivity index (χ2n) is 6.87. The van der Waals surface area contributed by atoms with E-state index in [9.17, 15) is 0 Å². The highest BCUT2D eigenvalue weighted by atomic mass is 16.7. The van der Waals surface area contributed by atoms with E-state index in [1.54, 1.807) is 0 Å². The Morgan fingerprint density at radius 1 is 0.962 bits per heavy atom. The number of hydrogen-bond acceptors (Lipinski definition) is 5. The Balaban J connectivity index is 1.50. The Morgan fingerprint density at radius 3 is 2.50 bits per heavy atom. The van der Waals surface area contributed by atoms with E-state index in [1.807, 2.05) is 24.3 Å². The van der Waals surface area contributed by atoms with Gasteiger partial charge in [0.1, 0.15) is 18.1 Å². The third-order valence-electron chi connectivity index (χ3n) is 4.86. The molecule has 26 heavy (non-hydrogen) atoms. The molecule has 0 radical (unpaired) electrons. The highest BCUT2D eigenvalue weighted by molar-refractivity contribution is 5.31. The number of hydrogen-bond donors (Lipinski definition) is 0. The zero-order chi connectivity index (χ0) is 17.6. The van der Waals surface area contributed by atoms with Crippen LogP contribution in [-0.4, -0.2) is 36.2 Å². The molecule has 2 aliphatic rings. The van der Waals surface area contributed by atoms with Gasteiger partial charge in [-0.25, -0.2) is 4.98 Å². The number of likely N-dealkylation sites (tertiary alicyclic amines) is 1. The van der Waals surface area contributed by atoms with E-state index in [1.165, 1.54) is 19.3 Å². The maximum atomic E-state index is 6.04. The number of aromatic nitrogens is 1. The molecule has 2 aliphatic heterocycles. The lowest BCUT2D eigenvalue weighted by atomic mass is 10.1. The molecule has 0 atom stereocenters. The Hall–Kier alpha value is -1.95. The van der Waals surface area contributed by atoms with Crippen molar-refractivity contribution in [2.45, 2.75) is 38.7 Å². The van der Waals surface area contributed by atoms with E-state index in [-0.39, 0.29) is 0 Å². The Morgan fingerprint density at radius 2 is 1.73 bits per heavy atom. The van der Waals surface area contributed by atoms with Crippen molar-refractivity contribution in [3.8, 4) is 5.75 Å². The molecule has 0 aliphatic carbocycles. The molecule has 0 bridgehead atoms. The van der Waals surface area contributed by atoms with Crippen molar-refractivity contribution in [3.05, 3.63) is 59.4 Å².